The zero-order valence-corrected chi connectivity index (χ0v) is 14.6. The molecule has 0 fully saturated rings. The molecule has 0 bridgehead atoms. The van der Waals surface area contributed by atoms with E-state index in [2.05, 4.69) is 4.98 Å². The van der Waals surface area contributed by atoms with Crippen molar-refractivity contribution in [2.24, 2.45) is 0 Å². The minimum atomic E-state index is -0.400. The van der Waals surface area contributed by atoms with Crippen LogP contribution in [0.15, 0.2) is 42.6 Å². The van der Waals surface area contributed by atoms with Crippen LogP contribution < -0.4 is 5.73 Å². The molecule has 0 spiro atoms. The van der Waals surface area contributed by atoms with Crippen LogP contribution in [0.3, 0.4) is 0 Å². The van der Waals surface area contributed by atoms with Crippen molar-refractivity contribution in [2.75, 3.05) is 12.8 Å². The maximum absolute atomic E-state index is 12.2. The van der Waals surface area contributed by atoms with Crippen LogP contribution in [0.5, 0.6) is 0 Å². The Hall–Kier alpha value is -3.08. The first kappa shape index (κ1) is 16.8. The number of pyridine rings is 1. The number of allylic oxidation sites excluding steroid dienone is 1. The molecule has 5 nitrogen and oxygen atoms in total. The number of anilines is 1. The van der Waals surface area contributed by atoms with Crippen molar-refractivity contribution >= 4 is 23.4 Å². The molecule has 0 aliphatic rings. The molecule has 2 heterocycles. The van der Waals surface area contributed by atoms with E-state index in [9.17, 15) is 4.79 Å². The summed E-state index contributed by atoms with van der Waals surface area (Å²) in [5.41, 5.74) is 11.7. The van der Waals surface area contributed by atoms with E-state index in [0.29, 0.717) is 23.3 Å². The molecule has 3 aromatic rings. The molecule has 1 aromatic carbocycles. The van der Waals surface area contributed by atoms with Crippen molar-refractivity contribution in [2.45, 2.75) is 20.3 Å². The number of esters is 1. The van der Waals surface area contributed by atoms with Gasteiger partial charge >= 0.3 is 5.97 Å². The minimum Gasteiger partial charge on any atom is -0.465 e. The Morgan fingerprint density at radius 1 is 1.28 bits per heavy atom. The van der Waals surface area contributed by atoms with Crippen molar-refractivity contribution in [1.29, 1.82) is 0 Å². The summed E-state index contributed by atoms with van der Waals surface area (Å²) in [4.78, 5) is 16.8. The van der Waals surface area contributed by atoms with Crippen molar-refractivity contribution < 1.29 is 9.53 Å². The third kappa shape index (κ3) is 3.13. The van der Waals surface area contributed by atoms with Gasteiger partial charge in [-0.2, -0.15) is 0 Å². The van der Waals surface area contributed by atoms with E-state index in [1.807, 2.05) is 60.7 Å². The molecule has 0 aliphatic heterocycles. The van der Waals surface area contributed by atoms with Gasteiger partial charge in [-0.05, 0) is 31.4 Å². The van der Waals surface area contributed by atoms with Gasteiger partial charge in [-0.3, -0.25) is 0 Å². The molecular weight excluding hydrogens is 314 g/mol. The molecular formula is C20H21N3O2. The zero-order valence-electron chi connectivity index (χ0n) is 14.6. The summed E-state index contributed by atoms with van der Waals surface area (Å²) in [6, 6.07) is 9.98. The molecule has 0 aliphatic carbocycles. The Labute approximate surface area is 146 Å². The number of methoxy groups -OCH3 is 1. The van der Waals surface area contributed by atoms with Crippen LogP contribution in [0.25, 0.3) is 11.7 Å². The van der Waals surface area contributed by atoms with Gasteiger partial charge in [-0.1, -0.05) is 42.5 Å². The second kappa shape index (κ2) is 6.81. The largest absolute Gasteiger partial charge is 0.465 e. The number of rotatable bonds is 4. The number of carbonyl (C=O) groups is 1. The lowest BCUT2D eigenvalue weighted by Gasteiger charge is -2.12. The minimum absolute atomic E-state index is 0.400. The van der Waals surface area contributed by atoms with E-state index < -0.39 is 5.97 Å². The first-order valence-electron chi connectivity index (χ1n) is 8.09. The molecule has 0 atom stereocenters. The van der Waals surface area contributed by atoms with Gasteiger partial charge in [-0.25, -0.2) is 9.78 Å². The van der Waals surface area contributed by atoms with Gasteiger partial charge in [0.1, 0.15) is 0 Å². The number of hydrogen-bond acceptors (Lipinski definition) is 4. The Morgan fingerprint density at radius 3 is 2.68 bits per heavy atom. The highest BCUT2D eigenvalue weighted by Gasteiger charge is 2.19. The van der Waals surface area contributed by atoms with Gasteiger partial charge in [0.15, 0.2) is 5.65 Å². The number of carbonyl (C=O) groups excluding carboxylic acids is 1. The summed E-state index contributed by atoms with van der Waals surface area (Å²) in [6.45, 7) is 3.87. The molecule has 0 radical (unpaired) electrons. The Morgan fingerprint density at radius 2 is 2.00 bits per heavy atom. The smallest absolute Gasteiger partial charge is 0.339 e. The molecule has 2 aromatic heterocycles. The van der Waals surface area contributed by atoms with Crippen LogP contribution in [-0.4, -0.2) is 22.5 Å². The van der Waals surface area contributed by atoms with Gasteiger partial charge < -0.3 is 14.9 Å². The molecule has 0 saturated heterocycles. The second-order valence-electron chi connectivity index (χ2n) is 5.92. The van der Waals surface area contributed by atoms with E-state index in [1.165, 1.54) is 7.11 Å². The Balaban J connectivity index is 2.07. The molecule has 3 rings (SSSR count). The Bertz CT molecular complexity index is 956. The lowest BCUT2D eigenvalue weighted by atomic mass is 10.0. The summed E-state index contributed by atoms with van der Waals surface area (Å²) in [5.74, 6) is -0.400. The third-order valence-corrected chi connectivity index (χ3v) is 4.37. The summed E-state index contributed by atoms with van der Waals surface area (Å²) < 4.78 is 6.79. The normalized spacial score (nSPS) is 11.3. The molecule has 128 valence electrons. The van der Waals surface area contributed by atoms with E-state index in [1.54, 1.807) is 6.20 Å². The summed E-state index contributed by atoms with van der Waals surface area (Å²) in [6.07, 6.45) is 6.28. The van der Waals surface area contributed by atoms with E-state index in [0.717, 1.165) is 22.5 Å². The SMILES string of the molecule is COC(=O)c1cn2c(C)c(C)nc2c(N)c1CC=Cc1ccccc1. The van der Waals surface area contributed by atoms with Crippen LogP contribution in [0.1, 0.15) is 32.9 Å². The number of aryl methyl sites for hydroxylation is 2. The number of nitrogens with two attached hydrogens (primary N) is 1. The van der Waals surface area contributed by atoms with Gasteiger partial charge in [0.2, 0.25) is 0 Å². The van der Waals surface area contributed by atoms with Crippen molar-refractivity contribution in [3.8, 4) is 0 Å². The fraction of sp³-hybridized carbons (Fsp3) is 0.200. The lowest BCUT2D eigenvalue weighted by Crippen LogP contribution is -2.11. The van der Waals surface area contributed by atoms with Crippen LogP contribution in [0.2, 0.25) is 0 Å². The van der Waals surface area contributed by atoms with Gasteiger partial charge in [0.25, 0.3) is 0 Å². The van der Waals surface area contributed by atoms with Gasteiger partial charge in [0, 0.05) is 11.9 Å². The van der Waals surface area contributed by atoms with Crippen molar-refractivity contribution in [3.63, 3.8) is 0 Å². The second-order valence-corrected chi connectivity index (χ2v) is 5.92. The van der Waals surface area contributed by atoms with E-state index in [-0.39, 0.29) is 0 Å². The molecule has 2 N–H and O–H groups in total. The fourth-order valence-electron chi connectivity index (χ4n) is 2.84. The van der Waals surface area contributed by atoms with Crippen LogP contribution in [0, 0.1) is 13.8 Å². The molecule has 5 heteroatoms. The quantitative estimate of drug-likeness (QED) is 0.740. The molecule has 0 amide bonds. The number of nitrogen functional groups attached to an aromatic ring is 1. The van der Waals surface area contributed by atoms with E-state index >= 15 is 0 Å². The number of ether oxygens (including phenoxy) is 1. The number of imidazole rings is 1. The third-order valence-electron chi connectivity index (χ3n) is 4.37. The maximum Gasteiger partial charge on any atom is 0.339 e. The molecule has 0 saturated carbocycles. The maximum atomic E-state index is 12.2. The first-order valence-corrected chi connectivity index (χ1v) is 8.09. The van der Waals surface area contributed by atoms with Crippen molar-refractivity contribution in [1.82, 2.24) is 9.38 Å². The monoisotopic (exact) mass is 335 g/mol. The van der Waals surface area contributed by atoms with Gasteiger partial charge in [0.05, 0.1) is 24.1 Å². The topological polar surface area (TPSA) is 69.6 Å². The van der Waals surface area contributed by atoms with Crippen LogP contribution in [0.4, 0.5) is 5.69 Å². The number of fused-ring (bicyclic) bond motifs is 1. The molecule has 0 unspecified atom stereocenters. The average molecular weight is 335 g/mol. The summed E-state index contributed by atoms with van der Waals surface area (Å²) in [5, 5.41) is 0. The number of hydrogen-bond donors (Lipinski definition) is 1. The molecule has 25 heavy (non-hydrogen) atoms. The highest BCUT2D eigenvalue weighted by atomic mass is 16.5. The summed E-state index contributed by atoms with van der Waals surface area (Å²) in [7, 11) is 1.37. The highest BCUT2D eigenvalue weighted by Crippen LogP contribution is 2.26. The number of aromatic nitrogens is 2. The predicted molar refractivity (Wildman–Crippen MR) is 99.6 cm³/mol. The fourth-order valence-corrected chi connectivity index (χ4v) is 2.84. The summed E-state index contributed by atoms with van der Waals surface area (Å²) >= 11 is 0. The average Bonchev–Trinajstić information content (AvgIpc) is 2.92. The Kier molecular flexibility index (Phi) is 4.57. The van der Waals surface area contributed by atoms with Gasteiger partial charge in [-0.15, -0.1) is 0 Å². The number of benzene rings is 1. The zero-order chi connectivity index (χ0) is 18.0. The number of nitrogens with zero attached hydrogens (tertiary/aromatic N) is 2. The highest BCUT2D eigenvalue weighted by molar-refractivity contribution is 5.94. The lowest BCUT2D eigenvalue weighted by molar-refractivity contribution is 0.0599. The first-order chi connectivity index (χ1) is 12.0. The van der Waals surface area contributed by atoms with E-state index in [4.69, 9.17) is 10.5 Å². The van der Waals surface area contributed by atoms with Crippen molar-refractivity contribution in [3.05, 3.63) is 70.7 Å². The van der Waals surface area contributed by atoms with Crippen LogP contribution in [-0.2, 0) is 11.2 Å². The van der Waals surface area contributed by atoms with Crippen LogP contribution >= 0.6 is 0 Å². The predicted octanol–water partition coefficient (Wildman–Crippen LogP) is 3.58. The standard InChI is InChI=1S/C20H21N3O2/c1-13-14(2)23-12-17(20(24)25-3)16(18(21)19(23)22-13)11-7-10-15-8-5-4-6-9-15/h4-10,12H,11,21H2,1-3H3.